The zero-order chi connectivity index (χ0) is 22.8. The second kappa shape index (κ2) is 11.5. The van der Waals surface area contributed by atoms with E-state index in [1.165, 1.54) is 6.21 Å². The molecule has 3 amide bonds. The predicted molar refractivity (Wildman–Crippen MR) is 120 cm³/mol. The van der Waals surface area contributed by atoms with E-state index >= 15 is 0 Å². The number of ether oxygens (including phenoxy) is 1. The van der Waals surface area contributed by atoms with Crippen molar-refractivity contribution in [3.8, 4) is 5.75 Å². The van der Waals surface area contributed by atoms with Gasteiger partial charge in [0.15, 0.2) is 6.61 Å². The van der Waals surface area contributed by atoms with E-state index < -0.39 is 11.8 Å². The second-order valence-electron chi connectivity index (χ2n) is 7.27. The van der Waals surface area contributed by atoms with Crippen molar-refractivity contribution >= 4 is 29.6 Å². The van der Waals surface area contributed by atoms with E-state index in [9.17, 15) is 14.4 Å². The number of nitrogens with one attached hydrogen (secondary N) is 3. The van der Waals surface area contributed by atoms with Gasteiger partial charge >= 0.3 is 11.8 Å². The molecule has 1 atom stereocenters. The molecule has 0 aliphatic carbocycles. The van der Waals surface area contributed by atoms with E-state index in [0.29, 0.717) is 11.3 Å². The summed E-state index contributed by atoms with van der Waals surface area (Å²) < 4.78 is 5.54. The van der Waals surface area contributed by atoms with Gasteiger partial charge in [-0.25, -0.2) is 5.43 Å². The van der Waals surface area contributed by atoms with Gasteiger partial charge in [0.05, 0.1) is 6.21 Å². The maximum absolute atomic E-state index is 12.2. The molecule has 0 spiro atoms. The van der Waals surface area contributed by atoms with Crippen molar-refractivity contribution in [1.29, 1.82) is 0 Å². The molecule has 3 N–H and O–H groups in total. The van der Waals surface area contributed by atoms with Crippen LogP contribution >= 0.6 is 0 Å². The Morgan fingerprint density at radius 3 is 2.45 bits per heavy atom. The lowest BCUT2D eigenvalue weighted by Gasteiger charge is -2.10. The molecule has 164 valence electrons. The maximum Gasteiger partial charge on any atom is 0.329 e. The summed E-state index contributed by atoms with van der Waals surface area (Å²) in [6, 6.07) is 12.6. The third-order valence-electron chi connectivity index (χ3n) is 4.31. The number of amides is 3. The molecule has 0 fully saturated rings. The fourth-order valence-electron chi connectivity index (χ4n) is 2.69. The van der Waals surface area contributed by atoms with Crippen LogP contribution in [0.2, 0.25) is 0 Å². The van der Waals surface area contributed by atoms with E-state index in [-0.39, 0.29) is 18.6 Å². The van der Waals surface area contributed by atoms with Gasteiger partial charge in [0.2, 0.25) is 0 Å². The van der Waals surface area contributed by atoms with Gasteiger partial charge in [-0.15, -0.1) is 0 Å². The summed E-state index contributed by atoms with van der Waals surface area (Å²) in [4.78, 5) is 35.5. The third kappa shape index (κ3) is 8.30. The van der Waals surface area contributed by atoms with Gasteiger partial charge in [-0.2, -0.15) is 5.10 Å². The van der Waals surface area contributed by atoms with Gasteiger partial charge in [-0.05, 0) is 68.1 Å². The molecule has 0 saturated carbocycles. The Balaban J connectivity index is 1.85. The monoisotopic (exact) mass is 424 g/mol. The van der Waals surface area contributed by atoms with E-state index in [1.54, 1.807) is 24.3 Å². The fraction of sp³-hybridized carbons (Fsp3) is 0.304. The van der Waals surface area contributed by atoms with Gasteiger partial charge in [0, 0.05) is 11.7 Å². The highest BCUT2D eigenvalue weighted by Crippen LogP contribution is 2.15. The number of aryl methyl sites for hydroxylation is 2. The highest BCUT2D eigenvalue weighted by Gasteiger charge is 2.14. The SMILES string of the molecule is CC[C@H](C)NC(=O)C(=O)N/N=C\c1cccc(OCC(=O)Nc2cc(C)cc(C)c2)c1. The third-order valence-corrected chi connectivity index (χ3v) is 4.31. The molecule has 31 heavy (non-hydrogen) atoms. The fourth-order valence-corrected chi connectivity index (χ4v) is 2.69. The van der Waals surface area contributed by atoms with Crippen LogP contribution in [0.25, 0.3) is 0 Å². The highest BCUT2D eigenvalue weighted by atomic mass is 16.5. The van der Waals surface area contributed by atoms with E-state index in [1.807, 2.05) is 45.9 Å². The molecule has 2 aromatic carbocycles. The van der Waals surface area contributed by atoms with Crippen LogP contribution in [0.15, 0.2) is 47.6 Å². The lowest BCUT2D eigenvalue weighted by molar-refractivity contribution is -0.139. The Kier molecular flexibility index (Phi) is 8.75. The maximum atomic E-state index is 12.2. The Morgan fingerprint density at radius 2 is 1.77 bits per heavy atom. The Labute approximate surface area is 182 Å². The molecule has 0 radical (unpaired) electrons. The van der Waals surface area contributed by atoms with Gasteiger partial charge in [0.1, 0.15) is 5.75 Å². The molecular formula is C23H28N4O4. The summed E-state index contributed by atoms with van der Waals surface area (Å²) in [6.07, 6.45) is 2.11. The molecule has 2 aromatic rings. The molecule has 2 rings (SSSR count). The van der Waals surface area contributed by atoms with Crippen LogP contribution in [0.4, 0.5) is 5.69 Å². The summed E-state index contributed by atoms with van der Waals surface area (Å²) in [5, 5.41) is 9.15. The predicted octanol–water partition coefficient (Wildman–Crippen LogP) is 2.69. The molecule has 0 saturated heterocycles. The molecule has 8 heteroatoms. The lowest BCUT2D eigenvalue weighted by atomic mass is 10.1. The number of hydrazone groups is 1. The van der Waals surface area contributed by atoms with Crippen LogP contribution in [-0.2, 0) is 14.4 Å². The summed E-state index contributed by atoms with van der Waals surface area (Å²) >= 11 is 0. The van der Waals surface area contributed by atoms with Crippen molar-refractivity contribution in [1.82, 2.24) is 10.7 Å². The lowest BCUT2D eigenvalue weighted by Crippen LogP contribution is -2.41. The number of anilines is 1. The van der Waals surface area contributed by atoms with E-state index in [2.05, 4.69) is 21.2 Å². The highest BCUT2D eigenvalue weighted by molar-refractivity contribution is 6.35. The van der Waals surface area contributed by atoms with E-state index in [0.717, 1.165) is 23.2 Å². The van der Waals surface area contributed by atoms with Crippen molar-refractivity contribution < 1.29 is 19.1 Å². The topological polar surface area (TPSA) is 109 Å². The molecule has 0 unspecified atom stereocenters. The van der Waals surface area contributed by atoms with Crippen LogP contribution in [0.1, 0.15) is 37.0 Å². The number of rotatable bonds is 8. The number of hydrogen-bond acceptors (Lipinski definition) is 5. The minimum atomic E-state index is -0.841. The molecular weight excluding hydrogens is 396 g/mol. The number of carbonyl (C=O) groups excluding carboxylic acids is 3. The molecule has 0 aliphatic heterocycles. The van der Waals surface area contributed by atoms with Crippen molar-refractivity contribution in [2.24, 2.45) is 5.10 Å². The summed E-state index contributed by atoms with van der Waals surface area (Å²) in [7, 11) is 0. The van der Waals surface area contributed by atoms with Crippen LogP contribution in [0.3, 0.4) is 0 Å². The first-order valence-electron chi connectivity index (χ1n) is 10.0. The second-order valence-corrected chi connectivity index (χ2v) is 7.27. The van der Waals surface area contributed by atoms with Crippen LogP contribution in [0, 0.1) is 13.8 Å². The van der Waals surface area contributed by atoms with Crippen LogP contribution in [-0.4, -0.2) is 36.6 Å². The van der Waals surface area contributed by atoms with Gasteiger partial charge in [-0.1, -0.05) is 25.1 Å². The molecule has 0 heterocycles. The quantitative estimate of drug-likeness (QED) is 0.344. The zero-order valence-corrected chi connectivity index (χ0v) is 18.2. The number of nitrogens with zero attached hydrogens (tertiary/aromatic N) is 1. The smallest absolute Gasteiger partial charge is 0.329 e. The average Bonchev–Trinajstić information content (AvgIpc) is 2.71. The van der Waals surface area contributed by atoms with Gasteiger partial charge < -0.3 is 15.4 Å². The first kappa shape index (κ1) is 23.6. The van der Waals surface area contributed by atoms with Crippen LogP contribution < -0.4 is 20.8 Å². The number of benzene rings is 2. The molecule has 0 aromatic heterocycles. The Hall–Kier alpha value is -3.68. The summed E-state index contributed by atoms with van der Waals surface area (Å²) in [5.41, 5.74) is 5.66. The van der Waals surface area contributed by atoms with Crippen molar-refractivity contribution in [2.75, 3.05) is 11.9 Å². The zero-order valence-electron chi connectivity index (χ0n) is 18.2. The summed E-state index contributed by atoms with van der Waals surface area (Å²) in [6.45, 7) is 7.49. The Bertz CT molecular complexity index is 952. The minimum absolute atomic E-state index is 0.0943. The summed E-state index contributed by atoms with van der Waals surface area (Å²) in [5.74, 6) is -1.38. The molecule has 0 aliphatic rings. The first-order valence-corrected chi connectivity index (χ1v) is 10.0. The number of carbonyl (C=O) groups is 3. The number of hydrogen-bond donors (Lipinski definition) is 3. The van der Waals surface area contributed by atoms with Crippen LogP contribution in [0.5, 0.6) is 5.75 Å². The van der Waals surface area contributed by atoms with Crippen molar-refractivity contribution in [2.45, 2.75) is 40.2 Å². The average molecular weight is 425 g/mol. The van der Waals surface area contributed by atoms with E-state index in [4.69, 9.17) is 4.74 Å². The van der Waals surface area contributed by atoms with Crippen molar-refractivity contribution in [3.63, 3.8) is 0 Å². The Morgan fingerprint density at radius 1 is 1.06 bits per heavy atom. The molecule has 8 nitrogen and oxygen atoms in total. The minimum Gasteiger partial charge on any atom is -0.484 e. The normalized spacial score (nSPS) is 11.6. The first-order chi connectivity index (χ1) is 14.8. The van der Waals surface area contributed by atoms with Gasteiger partial charge in [-0.3, -0.25) is 14.4 Å². The standard InChI is InChI=1S/C23H28N4O4/c1-5-17(4)25-22(29)23(30)27-24-13-18-7-6-8-20(12-18)31-14-21(28)26-19-10-15(2)9-16(3)11-19/h6-13,17H,5,14H2,1-4H3,(H,25,29)(H,26,28)(H,27,30)/b24-13-/t17-/m0/s1. The van der Waals surface area contributed by atoms with Gasteiger partial charge in [0.25, 0.3) is 5.91 Å². The largest absolute Gasteiger partial charge is 0.484 e. The molecule has 0 bridgehead atoms. The van der Waals surface area contributed by atoms with Crippen molar-refractivity contribution in [3.05, 3.63) is 59.2 Å².